The second-order valence-electron chi connectivity index (χ2n) is 2.23. The Morgan fingerprint density at radius 2 is 2.42 bits per heavy atom. The second-order valence-corrected chi connectivity index (χ2v) is 2.66. The number of rotatable bonds is 2. The maximum absolute atomic E-state index is 8.44. The van der Waals surface area contributed by atoms with Gasteiger partial charge in [-0.05, 0) is 6.92 Å². The molecule has 4 heteroatoms. The molecule has 0 saturated heterocycles. The first-order chi connectivity index (χ1) is 5.72. The van der Waals surface area contributed by atoms with E-state index in [1.807, 2.05) is 6.07 Å². The van der Waals surface area contributed by atoms with Crippen LogP contribution >= 0.6 is 11.6 Å². The van der Waals surface area contributed by atoms with Crippen molar-refractivity contribution in [3.63, 3.8) is 0 Å². The summed E-state index contributed by atoms with van der Waals surface area (Å²) in [5, 5.41) is 8.93. The first kappa shape index (κ1) is 8.82. The molecule has 1 aromatic rings. The third-order valence-electron chi connectivity index (χ3n) is 1.17. The largest absolute Gasteiger partial charge is 0.474 e. The molecule has 0 bridgehead atoms. The summed E-state index contributed by atoms with van der Waals surface area (Å²) in [6, 6.07) is 3.55. The number of hydrogen-bond acceptors (Lipinski definition) is 3. The third-order valence-corrected chi connectivity index (χ3v) is 1.38. The fourth-order valence-corrected chi connectivity index (χ4v) is 0.851. The Balaban J connectivity index is 2.71. The lowest BCUT2D eigenvalue weighted by atomic mass is 10.4. The molecule has 0 aromatic carbocycles. The maximum Gasteiger partial charge on any atom is 0.181 e. The summed E-state index contributed by atoms with van der Waals surface area (Å²) in [4.78, 5) is 3.81. The van der Waals surface area contributed by atoms with E-state index in [2.05, 4.69) is 4.98 Å². The molecule has 0 spiro atoms. The number of halogens is 1. The molecule has 1 aromatic heterocycles. The summed E-state index contributed by atoms with van der Waals surface area (Å²) >= 11 is 5.65. The Bertz CT molecular complexity index is 308. The molecule has 3 nitrogen and oxygen atoms in total. The van der Waals surface area contributed by atoms with Crippen molar-refractivity contribution in [2.24, 2.45) is 0 Å². The van der Waals surface area contributed by atoms with Crippen LogP contribution in [0.1, 0.15) is 6.92 Å². The van der Waals surface area contributed by atoms with Crippen LogP contribution in [0.4, 0.5) is 0 Å². The fraction of sp³-hybridized carbons (Fsp3) is 0.250. The zero-order valence-corrected chi connectivity index (χ0v) is 7.25. The number of ether oxygens (including phenoxy) is 1. The lowest BCUT2D eigenvalue weighted by Crippen LogP contribution is -2.07. The zero-order chi connectivity index (χ0) is 8.97. The quantitative estimate of drug-likeness (QED) is 0.703. The minimum atomic E-state index is -0.481. The average molecular weight is 183 g/mol. The van der Waals surface area contributed by atoms with Crippen LogP contribution in [0.5, 0.6) is 5.75 Å². The molecule has 0 saturated carbocycles. The van der Waals surface area contributed by atoms with Gasteiger partial charge in [-0.25, -0.2) is 0 Å². The molecule has 1 rings (SSSR count). The van der Waals surface area contributed by atoms with Gasteiger partial charge in [-0.2, -0.15) is 5.26 Å². The van der Waals surface area contributed by atoms with E-state index in [4.69, 9.17) is 21.6 Å². The Morgan fingerprint density at radius 3 is 3.00 bits per heavy atom. The van der Waals surface area contributed by atoms with Crippen LogP contribution in [-0.4, -0.2) is 11.1 Å². The molecule has 0 radical (unpaired) electrons. The molecule has 0 amide bonds. The molecule has 12 heavy (non-hydrogen) atoms. The molecule has 62 valence electrons. The number of nitrogens with zero attached hydrogens (tertiary/aromatic N) is 2. The van der Waals surface area contributed by atoms with Gasteiger partial charge in [0.2, 0.25) is 0 Å². The molecule has 0 aliphatic carbocycles. The molecule has 1 atom stereocenters. The van der Waals surface area contributed by atoms with Crippen molar-refractivity contribution in [3.05, 3.63) is 23.5 Å². The highest BCUT2D eigenvalue weighted by atomic mass is 35.5. The molecule has 0 fully saturated rings. The second kappa shape index (κ2) is 3.93. The molecule has 0 N–H and O–H groups in total. The van der Waals surface area contributed by atoms with Crippen molar-refractivity contribution >= 4 is 11.6 Å². The van der Waals surface area contributed by atoms with Gasteiger partial charge in [0.25, 0.3) is 0 Å². The lowest BCUT2D eigenvalue weighted by molar-refractivity contribution is 0.275. The van der Waals surface area contributed by atoms with Crippen LogP contribution in [0.15, 0.2) is 18.5 Å². The smallest absolute Gasteiger partial charge is 0.181 e. The van der Waals surface area contributed by atoms with Gasteiger partial charge >= 0.3 is 0 Å². The summed E-state index contributed by atoms with van der Waals surface area (Å²) in [6.45, 7) is 1.65. The minimum Gasteiger partial charge on any atom is -0.474 e. The van der Waals surface area contributed by atoms with Crippen LogP contribution in [0.2, 0.25) is 5.02 Å². The van der Waals surface area contributed by atoms with E-state index in [-0.39, 0.29) is 0 Å². The normalized spacial score (nSPS) is 11.8. The van der Waals surface area contributed by atoms with Crippen LogP contribution in [0.3, 0.4) is 0 Å². The lowest BCUT2D eigenvalue weighted by Gasteiger charge is -2.05. The van der Waals surface area contributed by atoms with E-state index in [9.17, 15) is 0 Å². The van der Waals surface area contributed by atoms with Gasteiger partial charge in [0, 0.05) is 12.3 Å². The Kier molecular flexibility index (Phi) is 2.89. The fourth-order valence-electron chi connectivity index (χ4n) is 0.687. The summed E-state index contributed by atoms with van der Waals surface area (Å²) in [5.74, 6) is 0.511. The number of pyridine rings is 1. The number of aromatic nitrogens is 1. The van der Waals surface area contributed by atoms with Gasteiger partial charge in [-0.15, -0.1) is 0 Å². The zero-order valence-electron chi connectivity index (χ0n) is 6.49. The first-order valence-electron chi connectivity index (χ1n) is 3.39. The van der Waals surface area contributed by atoms with Gasteiger partial charge < -0.3 is 4.74 Å². The highest BCUT2D eigenvalue weighted by Crippen LogP contribution is 2.15. The number of nitriles is 1. The maximum atomic E-state index is 8.44. The molecular formula is C8H7ClN2O. The van der Waals surface area contributed by atoms with Crippen molar-refractivity contribution in [2.75, 3.05) is 0 Å². The van der Waals surface area contributed by atoms with Gasteiger partial charge in [0.05, 0.1) is 11.2 Å². The van der Waals surface area contributed by atoms with Gasteiger partial charge in [0.1, 0.15) is 11.8 Å². The molecular weight excluding hydrogens is 176 g/mol. The van der Waals surface area contributed by atoms with Crippen molar-refractivity contribution in [2.45, 2.75) is 13.0 Å². The molecule has 0 aliphatic rings. The van der Waals surface area contributed by atoms with Crippen LogP contribution < -0.4 is 4.74 Å². The summed E-state index contributed by atoms with van der Waals surface area (Å²) in [5.41, 5.74) is 0. The SMILES string of the molecule is CC(C#N)Oc1cncc(Cl)c1. The minimum absolute atomic E-state index is 0.481. The standard InChI is InChI=1S/C8H7ClN2O/c1-6(3-10)12-8-2-7(9)4-11-5-8/h2,4-6H,1H3. The van der Waals surface area contributed by atoms with Gasteiger partial charge in [-0.3, -0.25) is 4.98 Å². The highest BCUT2D eigenvalue weighted by Gasteiger charge is 2.01. The monoisotopic (exact) mass is 182 g/mol. The molecule has 0 aliphatic heterocycles. The predicted octanol–water partition coefficient (Wildman–Crippen LogP) is 2.03. The first-order valence-corrected chi connectivity index (χ1v) is 3.77. The average Bonchev–Trinajstić information content (AvgIpc) is 2.04. The van der Waals surface area contributed by atoms with Crippen molar-refractivity contribution in [3.8, 4) is 11.8 Å². The van der Waals surface area contributed by atoms with Gasteiger partial charge in [0.15, 0.2) is 6.10 Å². The van der Waals surface area contributed by atoms with E-state index in [0.717, 1.165) is 0 Å². The van der Waals surface area contributed by atoms with E-state index < -0.39 is 6.10 Å². The third kappa shape index (κ3) is 2.40. The Hall–Kier alpha value is -1.27. The highest BCUT2D eigenvalue weighted by molar-refractivity contribution is 6.30. The van der Waals surface area contributed by atoms with Crippen molar-refractivity contribution < 1.29 is 4.74 Å². The predicted molar refractivity (Wildman–Crippen MR) is 45.0 cm³/mol. The van der Waals surface area contributed by atoms with E-state index >= 15 is 0 Å². The van der Waals surface area contributed by atoms with Crippen molar-refractivity contribution in [1.29, 1.82) is 5.26 Å². The van der Waals surface area contributed by atoms with Crippen LogP contribution in [0.25, 0.3) is 0 Å². The van der Waals surface area contributed by atoms with Crippen LogP contribution in [0, 0.1) is 11.3 Å². The van der Waals surface area contributed by atoms with Crippen molar-refractivity contribution in [1.82, 2.24) is 4.98 Å². The Labute approximate surface area is 75.6 Å². The summed E-state index contributed by atoms with van der Waals surface area (Å²) < 4.78 is 5.14. The van der Waals surface area contributed by atoms with E-state index in [0.29, 0.717) is 10.8 Å². The number of hydrogen-bond donors (Lipinski definition) is 0. The Morgan fingerprint density at radius 1 is 1.67 bits per heavy atom. The summed E-state index contributed by atoms with van der Waals surface area (Å²) in [6.07, 6.45) is 2.54. The summed E-state index contributed by atoms with van der Waals surface area (Å²) in [7, 11) is 0. The van der Waals surface area contributed by atoms with Crippen LogP contribution in [-0.2, 0) is 0 Å². The molecule has 1 unspecified atom stereocenters. The molecule has 1 heterocycles. The van der Waals surface area contributed by atoms with E-state index in [1.54, 1.807) is 13.0 Å². The van der Waals surface area contributed by atoms with Gasteiger partial charge in [-0.1, -0.05) is 11.6 Å². The van der Waals surface area contributed by atoms with E-state index in [1.165, 1.54) is 12.4 Å². The topological polar surface area (TPSA) is 45.9 Å².